The van der Waals surface area contributed by atoms with E-state index in [4.69, 9.17) is 4.74 Å². The molecule has 0 bridgehead atoms. The highest BCUT2D eigenvalue weighted by atomic mass is 32.2. The number of esters is 1. The molecule has 1 saturated heterocycles. The van der Waals surface area contributed by atoms with E-state index in [0.717, 1.165) is 23.4 Å². The molecule has 1 aromatic carbocycles. The lowest BCUT2D eigenvalue weighted by atomic mass is 9.99. The molecule has 0 unspecified atom stereocenters. The minimum atomic E-state index is -3.75. The minimum absolute atomic E-state index is 0.107. The fourth-order valence-electron chi connectivity index (χ4n) is 2.84. The zero-order valence-electron chi connectivity index (χ0n) is 14.8. The first kappa shape index (κ1) is 19.2. The monoisotopic (exact) mass is 368 g/mol. The van der Waals surface area contributed by atoms with Crippen LogP contribution in [0.4, 0.5) is 5.69 Å². The maximum Gasteiger partial charge on any atom is 0.340 e. The van der Waals surface area contributed by atoms with Crippen LogP contribution in [0.3, 0.4) is 0 Å². The number of anilines is 1. The van der Waals surface area contributed by atoms with Crippen molar-refractivity contribution in [2.45, 2.75) is 19.8 Å². The molecule has 8 heteroatoms. The number of methoxy groups -OCH3 is 1. The van der Waals surface area contributed by atoms with Gasteiger partial charge in [-0.05, 0) is 30.9 Å². The highest BCUT2D eigenvalue weighted by molar-refractivity contribution is 7.92. The van der Waals surface area contributed by atoms with Gasteiger partial charge in [-0.2, -0.15) is 0 Å². The van der Waals surface area contributed by atoms with E-state index in [2.05, 4.69) is 6.92 Å². The van der Waals surface area contributed by atoms with Gasteiger partial charge < -0.3 is 9.64 Å². The van der Waals surface area contributed by atoms with Gasteiger partial charge in [-0.15, -0.1) is 0 Å². The Morgan fingerprint density at radius 3 is 2.40 bits per heavy atom. The highest BCUT2D eigenvalue weighted by Crippen LogP contribution is 2.24. The first-order valence-electron chi connectivity index (χ1n) is 8.17. The Kier molecular flexibility index (Phi) is 6.05. The van der Waals surface area contributed by atoms with Gasteiger partial charge in [0.05, 0.1) is 24.6 Å². The Labute approximate surface area is 148 Å². The lowest BCUT2D eigenvalue weighted by Gasteiger charge is -2.32. The van der Waals surface area contributed by atoms with Crippen molar-refractivity contribution in [1.82, 2.24) is 4.90 Å². The van der Waals surface area contributed by atoms with E-state index < -0.39 is 16.0 Å². The number of likely N-dealkylation sites (tertiary alicyclic amines) is 1. The number of rotatable bonds is 5. The standard InChI is InChI=1S/C17H24N2O5S/c1-13-8-10-18(11-9-13)16(20)12-19(25(3,22)23)15-7-5-4-6-14(15)17(21)24-2/h4-7,13H,8-12H2,1-3H3. The molecule has 25 heavy (non-hydrogen) atoms. The quantitative estimate of drug-likeness (QED) is 0.736. The molecule has 0 N–H and O–H groups in total. The molecular formula is C17H24N2O5S. The van der Waals surface area contributed by atoms with Gasteiger partial charge in [0.25, 0.3) is 0 Å². The lowest BCUT2D eigenvalue weighted by Crippen LogP contribution is -2.45. The number of hydrogen-bond donors (Lipinski definition) is 0. The average Bonchev–Trinajstić information content (AvgIpc) is 2.58. The molecule has 1 aliphatic heterocycles. The third kappa shape index (κ3) is 4.72. The van der Waals surface area contributed by atoms with E-state index >= 15 is 0 Å². The summed E-state index contributed by atoms with van der Waals surface area (Å²) in [5.74, 6) is -0.351. The van der Waals surface area contributed by atoms with Crippen LogP contribution in [0.5, 0.6) is 0 Å². The Morgan fingerprint density at radius 1 is 1.24 bits per heavy atom. The number of sulfonamides is 1. The molecule has 1 amide bonds. The van der Waals surface area contributed by atoms with E-state index in [9.17, 15) is 18.0 Å². The maximum atomic E-state index is 12.6. The molecule has 0 spiro atoms. The lowest BCUT2D eigenvalue weighted by molar-refractivity contribution is -0.130. The summed E-state index contributed by atoms with van der Waals surface area (Å²) in [6.45, 7) is 3.05. The molecular weight excluding hydrogens is 344 g/mol. The van der Waals surface area contributed by atoms with Crippen molar-refractivity contribution in [1.29, 1.82) is 0 Å². The Bertz CT molecular complexity index is 739. The Balaban J connectivity index is 2.30. The largest absolute Gasteiger partial charge is 0.465 e. The predicted molar refractivity (Wildman–Crippen MR) is 94.9 cm³/mol. The third-order valence-electron chi connectivity index (χ3n) is 4.39. The molecule has 0 aromatic heterocycles. The van der Waals surface area contributed by atoms with Crippen molar-refractivity contribution in [2.24, 2.45) is 5.92 Å². The molecule has 0 saturated carbocycles. The fraction of sp³-hybridized carbons (Fsp3) is 0.529. The minimum Gasteiger partial charge on any atom is -0.465 e. The maximum absolute atomic E-state index is 12.6. The number of carbonyl (C=O) groups excluding carboxylic acids is 2. The van der Waals surface area contributed by atoms with E-state index in [1.54, 1.807) is 17.0 Å². The van der Waals surface area contributed by atoms with Gasteiger partial charge in [-0.3, -0.25) is 9.10 Å². The number of carbonyl (C=O) groups is 2. The van der Waals surface area contributed by atoms with Crippen LogP contribution < -0.4 is 4.31 Å². The average molecular weight is 368 g/mol. The second kappa shape index (κ2) is 7.86. The first-order chi connectivity index (χ1) is 11.7. The molecule has 1 aromatic rings. The molecule has 1 heterocycles. The highest BCUT2D eigenvalue weighted by Gasteiger charge is 2.28. The Morgan fingerprint density at radius 2 is 1.84 bits per heavy atom. The van der Waals surface area contributed by atoms with Gasteiger partial charge >= 0.3 is 5.97 Å². The molecule has 7 nitrogen and oxygen atoms in total. The number of ether oxygens (including phenoxy) is 1. The summed E-state index contributed by atoms with van der Waals surface area (Å²) >= 11 is 0. The number of benzene rings is 1. The Hall–Kier alpha value is -2.09. The van der Waals surface area contributed by atoms with Gasteiger partial charge in [0.15, 0.2) is 0 Å². The summed E-state index contributed by atoms with van der Waals surface area (Å²) in [5.41, 5.74) is 0.256. The summed E-state index contributed by atoms with van der Waals surface area (Å²) < 4.78 is 30.2. The van der Waals surface area contributed by atoms with Crippen molar-refractivity contribution < 1.29 is 22.7 Å². The van der Waals surface area contributed by atoms with Gasteiger partial charge in [-0.25, -0.2) is 13.2 Å². The summed E-state index contributed by atoms with van der Waals surface area (Å²) in [5, 5.41) is 0. The van der Waals surface area contributed by atoms with Crippen molar-refractivity contribution in [2.75, 3.05) is 37.3 Å². The van der Waals surface area contributed by atoms with Gasteiger partial charge in [-0.1, -0.05) is 19.1 Å². The van der Waals surface area contributed by atoms with Gasteiger partial charge in [0, 0.05) is 13.1 Å². The van der Waals surface area contributed by atoms with Gasteiger partial charge in [0.2, 0.25) is 15.9 Å². The van der Waals surface area contributed by atoms with Crippen LogP contribution in [0.1, 0.15) is 30.1 Å². The van der Waals surface area contributed by atoms with E-state index in [1.807, 2.05) is 0 Å². The van der Waals surface area contributed by atoms with E-state index in [-0.39, 0.29) is 23.7 Å². The van der Waals surface area contributed by atoms with Crippen molar-refractivity contribution in [3.8, 4) is 0 Å². The summed E-state index contributed by atoms with van der Waals surface area (Å²) in [6, 6.07) is 6.21. The molecule has 1 aliphatic rings. The van der Waals surface area contributed by atoms with Crippen LogP contribution in [0.15, 0.2) is 24.3 Å². The van der Waals surface area contributed by atoms with Crippen LogP contribution in [0.2, 0.25) is 0 Å². The summed E-state index contributed by atoms with van der Waals surface area (Å²) in [6.07, 6.45) is 2.83. The second-order valence-electron chi connectivity index (χ2n) is 6.34. The number of para-hydroxylation sites is 1. The van der Waals surface area contributed by atoms with Crippen molar-refractivity contribution in [3.63, 3.8) is 0 Å². The van der Waals surface area contributed by atoms with E-state index in [0.29, 0.717) is 19.0 Å². The zero-order chi connectivity index (χ0) is 18.6. The van der Waals surface area contributed by atoms with Crippen molar-refractivity contribution >= 4 is 27.6 Å². The van der Waals surface area contributed by atoms with Crippen LogP contribution in [0, 0.1) is 5.92 Å². The summed E-state index contributed by atoms with van der Waals surface area (Å²) in [4.78, 5) is 26.2. The molecule has 0 radical (unpaired) electrons. The van der Waals surface area contributed by atoms with E-state index in [1.165, 1.54) is 19.2 Å². The SMILES string of the molecule is COC(=O)c1ccccc1N(CC(=O)N1CCC(C)CC1)S(C)(=O)=O. The topological polar surface area (TPSA) is 84.0 Å². The third-order valence-corrected chi connectivity index (χ3v) is 5.52. The van der Waals surface area contributed by atoms with Crippen LogP contribution in [0.25, 0.3) is 0 Å². The number of piperidine rings is 1. The summed E-state index contributed by atoms with van der Waals surface area (Å²) in [7, 11) is -2.52. The fourth-order valence-corrected chi connectivity index (χ4v) is 3.70. The first-order valence-corrected chi connectivity index (χ1v) is 10.0. The molecule has 1 fully saturated rings. The van der Waals surface area contributed by atoms with Crippen LogP contribution in [-0.2, 0) is 19.6 Å². The normalized spacial score (nSPS) is 15.7. The second-order valence-corrected chi connectivity index (χ2v) is 8.25. The molecule has 0 aliphatic carbocycles. The van der Waals surface area contributed by atoms with Crippen LogP contribution >= 0.6 is 0 Å². The number of nitrogens with zero attached hydrogens (tertiary/aromatic N) is 2. The van der Waals surface area contributed by atoms with Crippen LogP contribution in [-0.4, -0.2) is 58.2 Å². The molecule has 2 rings (SSSR count). The molecule has 138 valence electrons. The number of amides is 1. The zero-order valence-corrected chi connectivity index (χ0v) is 15.6. The van der Waals surface area contributed by atoms with Crippen molar-refractivity contribution in [3.05, 3.63) is 29.8 Å². The van der Waals surface area contributed by atoms with Gasteiger partial charge in [0.1, 0.15) is 6.54 Å². The molecule has 0 atom stereocenters. The smallest absolute Gasteiger partial charge is 0.340 e. The number of hydrogen-bond acceptors (Lipinski definition) is 5. The predicted octanol–water partition coefficient (Wildman–Crippen LogP) is 1.50.